The molecule has 1 amide bonds. The Labute approximate surface area is 82.5 Å². The molecule has 1 heterocycles. The number of fused-ring (bicyclic) bond motifs is 1. The van der Waals surface area contributed by atoms with Crippen molar-refractivity contribution < 1.29 is 18.8 Å². The number of halogens is 1. The number of amides is 1. The lowest BCUT2D eigenvalue weighted by Crippen LogP contribution is -2.08. The summed E-state index contributed by atoms with van der Waals surface area (Å²) in [6.45, 7) is 0. The summed E-state index contributed by atoms with van der Waals surface area (Å²) in [5.74, 6) is -0.675. The van der Waals surface area contributed by atoms with Gasteiger partial charge in [0.15, 0.2) is 11.4 Å². The first-order valence-corrected chi connectivity index (χ1v) is 3.92. The SMILES string of the molecule is Nc1noc2cc(NC(=O)O)c(F)cc12. The fraction of sp³-hybridized carbons (Fsp3) is 0. The number of rotatable bonds is 1. The maximum absolute atomic E-state index is 13.3. The number of aromatic nitrogens is 1. The van der Waals surface area contributed by atoms with Crippen molar-refractivity contribution in [3.63, 3.8) is 0 Å². The van der Waals surface area contributed by atoms with Crippen molar-refractivity contribution in [2.24, 2.45) is 0 Å². The number of nitrogen functional groups attached to an aromatic ring is 1. The zero-order valence-corrected chi connectivity index (χ0v) is 7.32. The van der Waals surface area contributed by atoms with Crippen LogP contribution in [-0.2, 0) is 0 Å². The van der Waals surface area contributed by atoms with Gasteiger partial charge in [-0.2, -0.15) is 0 Å². The van der Waals surface area contributed by atoms with Gasteiger partial charge in [0.2, 0.25) is 0 Å². The van der Waals surface area contributed by atoms with Gasteiger partial charge in [-0.3, -0.25) is 5.32 Å². The topological polar surface area (TPSA) is 101 Å². The van der Waals surface area contributed by atoms with Crippen LogP contribution in [-0.4, -0.2) is 16.4 Å². The van der Waals surface area contributed by atoms with Crippen LogP contribution in [0.1, 0.15) is 0 Å². The van der Waals surface area contributed by atoms with Crippen molar-refractivity contribution in [3.05, 3.63) is 17.9 Å². The van der Waals surface area contributed by atoms with Gasteiger partial charge in [-0.25, -0.2) is 9.18 Å². The Bertz CT molecular complexity index is 537. The van der Waals surface area contributed by atoms with E-state index in [9.17, 15) is 9.18 Å². The zero-order valence-electron chi connectivity index (χ0n) is 7.32. The van der Waals surface area contributed by atoms with Gasteiger partial charge >= 0.3 is 6.09 Å². The van der Waals surface area contributed by atoms with Crippen LogP contribution in [0.25, 0.3) is 11.0 Å². The largest absolute Gasteiger partial charge is 0.465 e. The van der Waals surface area contributed by atoms with Crippen molar-refractivity contribution in [2.75, 3.05) is 11.1 Å². The number of hydrogen-bond acceptors (Lipinski definition) is 4. The van der Waals surface area contributed by atoms with E-state index in [2.05, 4.69) is 5.16 Å². The Balaban J connectivity index is 2.57. The molecule has 0 aliphatic rings. The molecule has 7 heteroatoms. The standard InChI is InChI=1S/C8H6FN3O3/c9-4-1-3-6(15-12-7(3)10)2-5(4)11-8(13)14/h1-2,11H,(H2,10,12)(H,13,14). The fourth-order valence-corrected chi connectivity index (χ4v) is 1.19. The molecule has 15 heavy (non-hydrogen) atoms. The van der Waals surface area contributed by atoms with Crippen molar-refractivity contribution in [1.29, 1.82) is 0 Å². The summed E-state index contributed by atoms with van der Waals surface area (Å²) in [6, 6.07) is 2.24. The minimum absolute atomic E-state index is 0.0609. The summed E-state index contributed by atoms with van der Waals surface area (Å²) in [6.07, 6.45) is -1.36. The first-order valence-electron chi connectivity index (χ1n) is 3.92. The molecule has 4 N–H and O–H groups in total. The van der Waals surface area contributed by atoms with Crippen LogP contribution in [0.4, 0.5) is 20.7 Å². The van der Waals surface area contributed by atoms with Crippen LogP contribution in [0.15, 0.2) is 16.7 Å². The fourth-order valence-electron chi connectivity index (χ4n) is 1.19. The van der Waals surface area contributed by atoms with E-state index in [1.807, 2.05) is 5.32 Å². The van der Waals surface area contributed by atoms with Crippen LogP contribution in [0.2, 0.25) is 0 Å². The highest BCUT2D eigenvalue weighted by molar-refractivity contribution is 5.92. The maximum Gasteiger partial charge on any atom is 0.409 e. The third-order valence-corrected chi connectivity index (χ3v) is 1.83. The van der Waals surface area contributed by atoms with Gasteiger partial charge in [0.25, 0.3) is 0 Å². The first-order chi connectivity index (χ1) is 7.08. The molecule has 1 aromatic carbocycles. The van der Waals surface area contributed by atoms with E-state index >= 15 is 0 Å². The number of benzene rings is 1. The summed E-state index contributed by atoms with van der Waals surface area (Å²) in [7, 11) is 0. The molecule has 0 saturated heterocycles. The van der Waals surface area contributed by atoms with Crippen LogP contribution in [0.3, 0.4) is 0 Å². The quantitative estimate of drug-likeness (QED) is 0.665. The van der Waals surface area contributed by atoms with Crippen LogP contribution in [0.5, 0.6) is 0 Å². The molecule has 2 aromatic rings. The van der Waals surface area contributed by atoms with Crippen molar-refractivity contribution in [1.82, 2.24) is 5.16 Å². The average molecular weight is 211 g/mol. The molecule has 0 aliphatic carbocycles. The van der Waals surface area contributed by atoms with Gasteiger partial charge < -0.3 is 15.4 Å². The van der Waals surface area contributed by atoms with Gasteiger partial charge in [-0.1, -0.05) is 5.16 Å². The summed E-state index contributed by atoms with van der Waals surface area (Å²) in [5.41, 5.74) is 5.41. The van der Waals surface area contributed by atoms with Crippen molar-refractivity contribution in [2.45, 2.75) is 0 Å². The van der Waals surface area contributed by atoms with E-state index in [0.717, 1.165) is 6.07 Å². The lowest BCUT2D eigenvalue weighted by molar-refractivity contribution is 0.209. The smallest absolute Gasteiger partial charge is 0.409 e. The Morgan fingerprint density at radius 1 is 1.60 bits per heavy atom. The zero-order chi connectivity index (χ0) is 11.0. The highest BCUT2D eigenvalue weighted by Crippen LogP contribution is 2.26. The Morgan fingerprint density at radius 2 is 2.33 bits per heavy atom. The first kappa shape index (κ1) is 9.25. The second-order valence-electron chi connectivity index (χ2n) is 2.83. The molecule has 0 saturated carbocycles. The number of nitrogens with zero attached hydrogens (tertiary/aromatic N) is 1. The number of hydrogen-bond donors (Lipinski definition) is 3. The molecule has 0 spiro atoms. The molecule has 2 rings (SSSR count). The van der Waals surface area contributed by atoms with E-state index in [4.69, 9.17) is 15.4 Å². The molecule has 0 unspecified atom stereocenters. The van der Waals surface area contributed by atoms with E-state index in [-0.39, 0.29) is 17.1 Å². The third-order valence-electron chi connectivity index (χ3n) is 1.83. The minimum atomic E-state index is -1.36. The molecular weight excluding hydrogens is 205 g/mol. The molecular formula is C8H6FN3O3. The summed E-state index contributed by atoms with van der Waals surface area (Å²) in [5, 5.41) is 14.0. The summed E-state index contributed by atoms with van der Waals surface area (Å²) in [4.78, 5) is 10.3. The third kappa shape index (κ3) is 1.54. The van der Waals surface area contributed by atoms with Crippen LogP contribution >= 0.6 is 0 Å². The average Bonchev–Trinajstić information content (AvgIpc) is 2.48. The predicted octanol–water partition coefficient (Wildman–Crippen LogP) is 1.64. The monoisotopic (exact) mass is 211 g/mol. The van der Waals surface area contributed by atoms with Gasteiger partial charge in [0.1, 0.15) is 5.82 Å². The number of carboxylic acid groups (broad SMARTS) is 1. The number of carbonyl (C=O) groups is 1. The summed E-state index contributed by atoms with van der Waals surface area (Å²) < 4.78 is 18.0. The molecule has 0 radical (unpaired) electrons. The molecule has 0 atom stereocenters. The van der Waals surface area contributed by atoms with E-state index < -0.39 is 11.9 Å². The Kier molecular flexibility index (Phi) is 1.93. The van der Waals surface area contributed by atoms with Gasteiger partial charge in [0, 0.05) is 6.07 Å². The second-order valence-corrected chi connectivity index (χ2v) is 2.83. The normalized spacial score (nSPS) is 10.5. The molecule has 6 nitrogen and oxygen atoms in total. The second kappa shape index (κ2) is 3.12. The number of nitrogens with one attached hydrogen (secondary N) is 1. The van der Waals surface area contributed by atoms with Crippen LogP contribution in [0, 0.1) is 5.82 Å². The predicted molar refractivity (Wildman–Crippen MR) is 50.0 cm³/mol. The number of nitrogens with two attached hydrogens (primary N) is 1. The Morgan fingerprint density at radius 3 is 3.00 bits per heavy atom. The number of anilines is 2. The lowest BCUT2D eigenvalue weighted by atomic mass is 10.2. The minimum Gasteiger partial charge on any atom is -0.465 e. The van der Waals surface area contributed by atoms with Gasteiger partial charge in [-0.05, 0) is 6.07 Å². The molecule has 78 valence electrons. The maximum atomic E-state index is 13.3. The van der Waals surface area contributed by atoms with Gasteiger partial charge in [-0.15, -0.1) is 0 Å². The van der Waals surface area contributed by atoms with E-state index in [0.29, 0.717) is 5.39 Å². The van der Waals surface area contributed by atoms with E-state index in [1.54, 1.807) is 0 Å². The molecule has 0 fully saturated rings. The summed E-state index contributed by atoms with van der Waals surface area (Å²) >= 11 is 0. The van der Waals surface area contributed by atoms with E-state index in [1.165, 1.54) is 6.07 Å². The Hall–Kier alpha value is -2.31. The van der Waals surface area contributed by atoms with Crippen LogP contribution < -0.4 is 11.1 Å². The van der Waals surface area contributed by atoms with Crippen molar-refractivity contribution >= 4 is 28.6 Å². The van der Waals surface area contributed by atoms with Gasteiger partial charge in [0.05, 0.1) is 11.1 Å². The lowest BCUT2D eigenvalue weighted by Gasteiger charge is -2.01. The molecule has 0 bridgehead atoms. The highest BCUT2D eigenvalue weighted by atomic mass is 19.1. The molecule has 0 aliphatic heterocycles. The highest BCUT2D eigenvalue weighted by Gasteiger charge is 2.12. The van der Waals surface area contributed by atoms with Crippen molar-refractivity contribution in [3.8, 4) is 0 Å². The molecule has 1 aromatic heterocycles.